The quantitative estimate of drug-likeness (QED) is 0.298. The SMILES string of the molecule is CCNC(=NCc1ccc(C)cc1OCCCOC)NCC(=O)Nc1cccnc1. The molecule has 30 heavy (non-hydrogen) atoms. The highest BCUT2D eigenvalue weighted by Gasteiger charge is 2.07. The van der Waals surface area contributed by atoms with E-state index < -0.39 is 0 Å². The maximum absolute atomic E-state index is 12.1. The number of benzene rings is 1. The molecular weight excluding hydrogens is 382 g/mol. The van der Waals surface area contributed by atoms with E-state index in [1.807, 2.05) is 32.0 Å². The molecule has 0 unspecified atom stereocenters. The lowest BCUT2D eigenvalue weighted by molar-refractivity contribution is -0.115. The summed E-state index contributed by atoms with van der Waals surface area (Å²) in [6, 6.07) is 9.62. The molecule has 8 nitrogen and oxygen atoms in total. The molecule has 0 fully saturated rings. The number of nitrogens with one attached hydrogen (secondary N) is 3. The molecule has 1 amide bonds. The van der Waals surface area contributed by atoms with Gasteiger partial charge in [-0.1, -0.05) is 12.1 Å². The molecule has 0 radical (unpaired) electrons. The molecule has 0 aliphatic rings. The Morgan fingerprint density at radius 3 is 2.80 bits per heavy atom. The average molecular weight is 414 g/mol. The van der Waals surface area contributed by atoms with Gasteiger partial charge >= 0.3 is 0 Å². The predicted molar refractivity (Wildman–Crippen MR) is 119 cm³/mol. The molecule has 1 heterocycles. The fourth-order valence-electron chi connectivity index (χ4n) is 2.62. The van der Waals surface area contributed by atoms with Crippen molar-refractivity contribution >= 4 is 17.6 Å². The molecule has 0 aliphatic heterocycles. The van der Waals surface area contributed by atoms with E-state index in [0.717, 1.165) is 23.3 Å². The highest BCUT2D eigenvalue weighted by atomic mass is 16.5. The Bertz CT molecular complexity index is 812. The van der Waals surface area contributed by atoms with E-state index >= 15 is 0 Å². The van der Waals surface area contributed by atoms with Crippen LogP contribution in [0.1, 0.15) is 24.5 Å². The van der Waals surface area contributed by atoms with Crippen molar-refractivity contribution in [3.05, 3.63) is 53.9 Å². The molecule has 2 aromatic rings. The number of anilines is 1. The van der Waals surface area contributed by atoms with Crippen LogP contribution in [0.5, 0.6) is 5.75 Å². The minimum absolute atomic E-state index is 0.0923. The van der Waals surface area contributed by atoms with Gasteiger partial charge in [0.05, 0.1) is 31.6 Å². The van der Waals surface area contributed by atoms with Crippen LogP contribution in [0.15, 0.2) is 47.7 Å². The Balaban J connectivity index is 1.95. The van der Waals surface area contributed by atoms with Gasteiger partial charge in [0.15, 0.2) is 5.96 Å². The van der Waals surface area contributed by atoms with Gasteiger partial charge < -0.3 is 25.4 Å². The van der Waals surface area contributed by atoms with Gasteiger partial charge in [0.1, 0.15) is 5.75 Å². The Hall–Kier alpha value is -3.13. The number of hydrogen-bond acceptors (Lipinski definition) is 5. The van der Waals surface area contributed by atoms with Crippen LogP contribution in [-0.4, -0.2) is 50.3 Å². The van der Waals surface area contributed by atoms with Crippen molar-refractivity contribution in [2.75, 3.05) is 38.7 Å². The van der Waals surface area contributed by atoms with Crippen LogP contribution in [0.3, 0.4) is 0 Å². The third-order valence-electron chi connectivity index (χ3n) is 4.09. The van der Waals surface area contributed by atoms with Gasteiger partial charge in [0.2, 0.25) is 5.91 Å². The first kappa shape index (κ1) is 23.2. The van der Waals surface area contributed by atoms with Gasteiger partial charge in [-0.05, 0) is 37.6 Å². The van der Waals surface area contributed by atoms with Crippen LogP contribution >= 0.6 is 0 Å². The Morgan fingerprint density at radius 2 is 2.07 bits per heavy atom. The zero-order valence-electron chi connectivity index (χ0n) is 17.9. The molecule has 0 atom stereocenters. The first-order valence-corrected chi connectivity index (χ1v) is 10.1. The molecule has 1 aromatic heterocycles. The van der Waals surface area contributed by atoms with Gasteiger partial charge in [-0.15, -0.1) is 0 Å². The number of aliphatic imine (C=N–C) groups is 1. The van der Waals surface area contributed by atoms with Crippen LogP contribution in [-0.2, 0) is 16.1 Å². The number of aryl methyl sites for hydroxylation is 1. The molecule has 162 valence electrons. The fourth-order valence-corrected chi connectivity index (χ4v) is 2.62. The number of pyridine rings is 1. The van der Waals surface area contributed by atoms with Crippen LogP contribution in [0, 0.1) is 6.92 Å². The molecule has 0 saturated carbocycles. The predicted octanol–water partition coefficient (Wildman–Crippen LogP) is 2.50. The summed E-state index contributed by atoms with van der Waals surface area (Å²) in [6.07, 6.45) is 4.08. The molecule has 8 heteroatoms. The second-order valence-electron chi connectivity index (χ2n) is 6.64. The average Bonchev–Trinajstić information content (AvgIpc) is 2.75. The summed E-state index contributed by atoms with van der Waals surface area (Å²) >= 11 is 0. The first-order chi connectivity index (χ1) is 14.6. The lowest BCUT2D eigenvalue weighted by atomic mass is 10.1. The van der Waals surface area contributed by atoms with E-state index in [-0.39, 0.29) is 12.5 Å². The molecule has 0 bridgehead atoms. The normalized spacial score (nSPS) is 11.1. The Labute approximate surface area is 178 Å². The van der Waals surface area contributed by atoms with Gasteiger partial charge in [-0.2, -0.15) is 0 Å². The van der Waals surface area contributed by atoms with Crippen molar-refractivity contribution in [1.82, 2.24) is 15.6 Å². The van der Waals surface area contributed by atoms with E-state index in [9.17, 15) is 4.79 Å². The van der Waals surface area contributed by atoms with E-state index in [0.29, 0.717) is 38.0 Å². The summed E-state index contributed by atoms with van der Waals surface area (Å²) < 4.78 is 11.0. The number of amides is 1. The standard InChI is InChI=1S/C22H31N5O3/c1-4-24-22(26-16-21(28)27-19-7-5-10-23-15-19)25-14-18-9-8-17(2)13-20(18)30-12-6-11-29-3/h5,7-10,13,15H,4,6,11-12,14,16H2,1-3H3,(H,27,28)(H2,24,25,26). The maximum Gasteiger partial charge on any atom is 0.243 e. The lowest BCUT2D eigenvalue weighted by Crippen LogP contribution is -2.41. The summed E-state index contributed by atoms with van der Waals surface area (Å²) in [6.45, 7) is 6.46. The molecule has 0 aliphatic carbocycles. The van der Waals surface area contributed by atoms with Crippen molar-refractivity contribution in [2.24, 2.45) is 4.99 Å². The summed E-state index contributed by atoms with van der Waals surface area (Å²) in [5, 5.41) is 8.99. The molecule has 3 N–H and O–H groups in total. The minimum atomic E-state index is -0.175. The largest absolute Gasteiger partial charge is 0.493 e. The van der Waals surface area contributed by atoms with Gasteiger partial charge in [-0.25, -0.2) is 4.99 Å². The summed E-state index contributed by atoms with van der Waals surface area (Å²) in [4.78, 5) is 20.7. The number of aromatic nitrogens is 1. The highest BCUT2D eigenvalue weighted by Crippen LogP contribution is 2.21. The molecule has 2 rings (SSSR count). The van der Waals surface area contributed by atoms with E-state index in [2.05, 4.69) is 25.9 Å². The molecule has 0 saturated heterocycles. The number of rotatable bonds is 11. The van der Waals surface area contributed by atoms with Gasteiger partial charge in [0.25, 0.3) is 0 Å². The number of carbonyl (C=O) groups is 1. The van der Waals surface area contributed by atoms with Crippen LogP contribution < -0.4 is 20.7 Å². The number of methoxy groups -OCH3 is 1. The third kappa shape index (κ3) is 8.48. The minimum Gasteiger partial charge on any atom is -0.493 e. The number of ether oxygens (including phenoxy) is 2. The van der Waals surface area contributed by atoms with Crippen molar-refractivity contribution in [3.63, 3.8) is 0 Å². The Morgan fingerprint density at radius 1 is 1.20 bits per heavy atom. The molecule has 1 aromatic carbocycles. The monoisotopic (exact) mass is 413 g/mol. The lowest BCUT2D eigenvalue weighted by Gasteiger charge is -2.14. The van der Waals surface area contributed by atoms with E-state index in [1.54, 1.807) is 31.6 Å². The van der Waals surface area contributed by atoms with Crippen molar-refractivity contribution in [1.29, 1.82) is 0 Å². The maximum atomic E-state index is 12.1. The van der Waals surface area contributed by atoms with E-state index in [4.69, 9.17) is 9.47 Å². The fraction of sp³-hybridized carbons (Fsp3) is 0.409. The molecule has 0 spiro atoms. The zero-order chi connectivity index (χ0) is 21.6. The highest BCUT2D eigenvalue weighted by molar-refractivity contribution is 5.94. The third-order valence-corrected chi connectivity index (χ3v) is 4.09. The summed E-state index contributed by atoms with van der Waals surface area (Å²) in [5.41, 5.74) is 2.76. The van der Waals surface area contributed by atoms with Gasteiger partial charge in [0, 0.05) is 38.4 Å². The number of carbonyl (C=O) groups excluding carboxylic acids is 1. The number of nitrogens with zero attached hydrogens (tertiary/aromatic N) is 2. The summed E-state index contributed by atoms with van der Waals surface area (Å²) in [5.74, 6) is 1.20. The van der Waals surface area contributed by atoms with E-state index in [1.165, 1.54) is 0 Å². The number of guanidine groups is 1. The summed E-state index contributed by atoms with van der Waals surface area (Å²) in [7, 11) is 1.68. The van der Waals surface area contributed by atoms with Crippen LogP contribution in [0.4, 0.5) is 5.69 Å². The van der Waals surface area contributed by atoms with Crippen LogP contribution in [0.25, 0.3) is 0 Å². The topological polar surface area (TPSA) is 96.9 Å². The van der Waals surface area contributed by atoms with Crippen LogP contribution in [0.2, 0.25) is 0 Å². The second-order valence-corrected chi connectivity index (χ2v) is 6.64. The number of hydrogen-bond donors (Lipinski definition) is 3. The first-order valence-electron chi connectivity index (χ1n) is 10.1. The van der Waals surface area contributed by atoms with Crippen molar-refractivity contribution in [3.8, 4) is 5.75 Å². The molecular formula is C22H31N5O3. The second kappa shape index (κ2) is 13.2. The van der Waals surface area contributed by atoms with Crippen molar-refractivity contribution in [2.45, 2.75) is 26.8 Å². The zero-order valence-corrected chi connectivity index (χ0v) is 17.9. The smallest absolute Gasteiger partial charge is 0.243 e. The Kier molecular flexibility index (Phi) is 10.2. The van der Waals surface area contributed by atoms with Gasteiger partial charge in [-0.3, -0.25) is 9.78 Å². The van der Waals surface area contributed by atoms with Crippen molar-refractivity contribution < 1.29 is 14.3 Å².